The third-order valence-corrected chi connectivity index (χ3v) is 12.3. The Balaban J connectivity index is 1.04. The summed E-state index contributed by atoms with van der Waals surface area (Å²) in [4.78, 5) is 10.7. The maximum absolute atomic E-state index is 6.63. The van der Waals surface area contributed by atoms with E-state index in [1.165, 1.54) is 0 Å². The summed E-state index contributed by atoms with van der Waals surface area (Å²) in [5.41, 5.74) is 15.6. The van der Waals surface area contributed by atoms with Gasteiger partial charge in [-0.25, -0.2) is 9.97 Å². The van der Waals surface area contributed by atoms with Crippen LogP contribution in [-0.2, 0) is 0 Å². The first-order chi connectivity index (χ1) is 31.2. The number of benzene rings is 9. The SMILES string of the molecule is c1ccc(-c2cc(-c3cccc(-c4cccc5c4oc4ccccc45)c3)nc(-c3cc(-c4cccc5c4oc4ccccc45)cc(-c4cccc5c4oc4ccccc45)c3)n2)cc1. The summed E-state index contributed by atoms with van der Waals surface area (Å²) >= 11 is 0. The van der Waals surface area contributed by atoms with E-state index < -0.39 is 0 Å². The van der Waals surface area contributed by atoms with Crippen LogP contribution < -0.4 is 0 Å². The van der Waals surface area contributed by atoms with E-state index in [9.17, 15) is 0 Å². The smallest absolute Gasteiger partial charge is 0.160 e. The Morgan fingerprint density at radius 2 is 0.619 bits per heavy atom. The van der Waals surface area contributed by atoms with Crippen molar-refractivity contribution < 1.29 is 13.3 Å². The van der Waals surface area contributed by atoms with Crippen LogP contribution in [0, 0.1) is 0 Å². The molecular weight excluding hydrogens is 773 g/mol. The number of rotatable bonds is 6. The first kappa shape index (κ1) is 35.2. The molecule has 5 nitrogen and oxygen atoms in total. The van der Waals surface area contributed by atoms with Crippen molar-refractivity contribution in [2.24, 2.45) is 0 Å². The molecule has 0 radical (unpaired) electrons. The second-order valence-electron chi connectivity index (χ2n) is 16.0. The van der Waals surface area contributed by atoms with E-state index >= 15 is 0 Å². The second-order valence-corrected chi connectivity index (χ2v) is 16.0. The van der Waals surface area contributed by atoms with Gasteiger partial charge in [0.15, 0.2) is 5.82 Å². The lowest BCUT2D eigenvalue weighted by Gasteiger charge is -2.14. The summed E-state index contributed by atoms with van der Waals surface area (Å²) in [6.45, 7) is 0. The topological polar surface area (TPSA) is 65.2 Å². The van der Waals surface area contributed by atoms with Crippen LogP contribution in [0.2, 0.25) is 0 Å². The third kappa shape index (κ3) is 5.78. The summed E-state index contributed by atoms with van der Waals surface area (Å²) in [5, 5.41) is 6.50. The Hall–Kier alpha value is -8.54. The molecule has 0 N–H and O–H groups in total. The van der Waals surface area contributed by atoms with Crippen LogP contribution in [0.3, 0.4) is 0 Å². The average molecular weight is 807 g/mol. The molecule has 0 aliphatic carbocycles. The molecule has 0 unspecified atom stereocenters. The fourth-order valence-electron chi connectivity index (χ4n) is 9.32. The molecule has 63 heavy (non-hydrogen) atoms. The van der Waals surface area contributed by atoms with Crippen molar-refractivity contribution in [1.82, 2.24) is 9.97 Å². The molecule has 0 fully saturated rings. The number of hydrogen-bond donors (Lipinski definition) is 0. The lowest BCUT2D eigenvalue weighted by molar-refractivity contribution is 0.669. The standard InChI is InChI=1S/C58H34N2O3/c1-2-14-35(15-3-1)50-34-51(37-17-10-16-36(30-37)41-21-11-24-47-44-18-4-7-27-52(44)61-55(41)47)60-58(59-50)40-32-38(42-22-12-25-48-45-19-5-8-28-53(45)62-56(42)48)31-39(33-40)43-23-13-26-49-46-20-6-9-29-54(46)63-57(43)49/h1-34H. The van der Waals surface area contributed by atoms with Crippen LogP contribution in [0.25, 0.3) is 133 Å². The van der Waals surface area contributed by atoms with Gasteiger partial charge in [-0.15, -0.1) is 0 Å². The van der Waals surface area contributed by atoms with E-state index in [2.05, 4.69) is 152 Å². The van der Waals surface area contributed by atoms with Gasteiger partial charge < -0.3 is 13.3 Å². The number of furan rings is 3. The van der Waals surface area contributed by atoms with Gasteiger partial charge >= 0.3 is 0 Å². The first-order valence-corrected chi connectivity index (χ1v) is 21.1. The summed E-state index contributed by atoms with van der Waals surface area (Å²) < 4.78 is 19.7. The van der Waals surface area contributed by atoms with Gasteiger partial charge in [0, 0.05) is 65.7 Å². The minimum atomic E-state index is 0.604. The van der Waals surface area contributed by atoms with E-state index in [0.29, 0.717) is 5.82 Å². The third-order valence-electron chi connectivity index (χ3n) is 12.3. The Morgan fingerprint density at radius 3 is 1.14 bits per heavy atom. The van der Waals surface area contributed by atoms with Gasteiger partial charge in [-0.05, 0) is 65.2 Å². The molecule has 5 heteroatoms. The van der Waals surface area contributed by atoms with Gasteiger partial charge in [0.1, 0.15) is 33.5 Å². The van der Waals surface area contributed by atoms with E-state index in [4.69, 9.17) is 23.2 Å². The summed E-state index contributed by atoms with van der Waals surface area (Å²) in [7, 11) is 0. The number of hydrogen-bond acceptors (Lipinski definition) is 5. The predicted molar refractivity (Wildman–Crippen MR) is 256 cm³/mol. The number of fused-ring (bicyclic) bond motifs is 9. The lowest BCUT2D eigenvalue weighted by atomic mass is 9.93. The maximum atomic E-state index is 6.63. The highest BCUT2D eigenvalue weighted by Gasteiger charge is 2.20. The van der Waals surface area contributed by atoms with Gasteiger partial charge in [0.2, 0.25) is 0 Å². The summed E-state index contributed by atoms with van der Waals surface area (Å²) in [5.74, 6) is 0.604. The lowest BCUT2D eigenvalue weighted by Crippen LogP contribution is -1.97. The van der Waals surface area contributed by atoms with Crippen molar-refractivity contribution in [2.45, 2.75) is 0 Å². The van der Waals surface area contributed by atoms with Gasteiger partial charge in [0.05, 0.1) is 11.4 Å². The molecule has 0 aliphatic heterocycles. The number of nitrogens with zero attached hydrogens (tertiary/aromatic N) is 2. The largest absolute Gasteiger partial charge is 0.455 e. The van der Waals surface area contributed by atoms with Crippen molar-refractivity contribution in [3.05, 3.63) is 206 Å². The van der Waals surface area contributed by atoms with E-state index in [1.54, 1.807) is 0 Å². The van der Waals surface area contributed by atoms with Gasteiger partial charge in [-0.2, -0.15) is 0 Å². The molecular formula is C58H34N2O3. The highest BCUT2D eigenvalue weighted by atomic mass is 16.3. The fraction of sp³-hybridized carbons (Fsp3) is 0. The molecule has 0 aliphatic rings. The molecule has 0 amide bonds. The van der Waals surface area contributed by atoms with Crippen molar-refractivity contribution in [3.63, 3.8) is 0 Å². The quantitative estimate of drug-likeness (QED) is 0.167. The molecule has 294 valence electrons. The highest BCUT2D eigenvalue weighted by Crippen LogP contribution is 2.43. The van der Waals surface area contributed by atoms with Crippen LogP contribution in [0.15, 0.2) is 220 Å². The molecule has 0 bridgehead atoms. The minimum absolute atomic E-state index is 0.604. The molecule has 4 heterocycles. The Morgan fingerprint density at radius 1 is 0.254 bits per heavy atom. The zero-order valence-corrected chi connectivity index (χ0v) is 33.7. The summed E-state index contributed by atoms with van der Waals surface area (Å²) in [6, 6.07) is 71.3. The second kappa shape index (κ2) is 14.0. The van der Waals surface area contributed by atoms with Crippen molar-refractivity contribution in [1.29, 1.82) is 0 Å². The summed E-state index contributed by atoms with van der Waals surface area (Å²) in [6.07, 6.45) is 0. The molecule has 0 spiro atoms. The molecule has 13 rings (SSSR count). The van der Waals surface area contributed by atoms with Gasteiger partial charge in [-0.1, -0.05) is 158 Å². The van der Waals surface area contributed by atoms with E-state index in [-0.39, 0.29) is 0 Å². The van der Waals surface area contributed by atoms with E-state index in [1.807, 2.05) is 54.6 Å². The number of para-hydroxylation sites is 6. The molecule has 0 saturated carbocycles. The Labute approximate surface area is 361 Å². The molecule has 9 aromatic carbocycles. The normalized spacial score (nSPS) is 11.8. The van der Waals surface area contributed by atoms with Crippen molar-refractivity contribution in [2.75, 3.05) is 0 Å². The van der Waals surface area contributed by atoms with Crippen molar-refractivity contribution >= 4 is 65.8 Å². The molecule has 0 saturated heterocycles. The average Bonchev–Trinajstić information content (AvgIpc) is 4.06. The highest BCUT2D eigenvalue weighted by molar-refractivity contribution is 6.12. The maximum Gasteiger partial charge on any atom is 0.160 e. The zero-order valence-electron chi connectivity index (χ0n) is 33.7. The van der Waals surface area contributed by atoms with Crippen LogP contribution in [0.4, 0.5) is 0 Å². The van der Waals surface area contributed by atoms with Gasteiger partial charge in [-0.3, -0.25) is 0 Å². The Kier molecular flexibility index (Phi) is 7.84. The van der Waals surface area contributed by atoms with Crippen LogP contribution in [0.5, 0.6) is 0 Å². The van der Waals surface area contributed by atoms with Crippen molar-refractivity contribution in [3.8, 4) is 67.3 Å². The predicted octanol–water partition coefficient (Wildman–Crippen LogP) is 16.2. The first-order valence-electron chi connectivity index (χ1n) is 21.1. The fourth-order valence-corrected chi connectivity index (χ4v) is 9.32. The Bertz CT molecular complexity index is 3800. The van der Waals surface area contributed by atoms with Crippen LogP contribution in [0.1, 0.15) is 0 Å². The van der Waals surface area contributed by atoms with Crippen LogP contribution >= 0.6 is 0 Å². The molecule has 13 aromatic rings. The zero-order chi connectivity index (χ0) is 41.4. The number of aromatic nitrogens is 2. The van der Waals surface area contributed by atoms with Crippen LogP contribution in [-0.4, -0.2) is 9.97 Å². The van der Waals surface area contributed by atoms with Gasteiger partial charge in [0.25, 0.3) is 0 Å². The minimum Gasteiger partial charge on any atom is -0.455 e. The molecule has 0 atom stereocenters. The van der Waals surface area contributed by atoms with E-state index in [0.717, 1.165) is 127 Å². The molecule has 4 aromatic heterocycles. The monoisotopic (exact) mass is 806 g/mol.